The summed E-state index contributed by atoms with van der Waals surface area (Å²) in [5.74, 6) is 1.22. The van der Waals surface area contributed by atoms with Gasteiger partial charge in [0.1, 0.15) is 0 Å². The van der Waals surface area contributed by atoms with Crippen LogP contribution in [0.3, 0.4) is 0 Å². The summed E-state index contributed by atoms with van der Waals surface area (Å²) in [6, 6.07) is 0.762. The molecule has 0 aromatic carbocycles. The molecule has 3 rings (SSSR count). The van der Waals surface area contributed by atoms with Gasteiger partial charge in [-0.05, 0) is 31.6 Å². The quantitative estimate of drug-likeness (QED) is 0.851. The van der Waals surface area contributed by atoms with Gasteiger partial charge in [0.2, 0.25) is 0 Å². The molecule has 0 bridgehead atoms. The predicted molar refractivity (Wildman–Crippen MR) is 96.1 cm³/mol. The lowest BCUT2D eigenvalue weighted by molar-refractivity contribution is 0.0742. The molecule has 0 N–H and O–H groups in total. The van der Waals surface area contributed by atoms with E-state index in [-0.39, 0.29) is 5.91 Å². The minimum Gasteiger partial charge on any atom is -0.337 e. The molecule has 24 heavy (non-hydrogen) atoms. The van der Waals surface area contributed by atoms with E-state index in [1.165, 1.54) is 19.3 Å². The third kappa shape index (κ3) is 3.66. The molecular formula is C19H32N4O. The molecule has 2 heterocycles. The highest BCUT2D eigenvalue weighted by atomic mass is 16.2. The van der Waals surface area contributed by atoms with Gasteiger partial charge in [0.25, 0.3) is 5.91 Å². The Bertz CT molecular complexity index is 576. The first-order valence-electron chi connectivity index (χ1n) is 9.51. The Kier molecular flexibility index (Phi) is 5.28. The molecule has 0 spiro atoms. The Labute approximate surface area is 146 Å². The molecule has 1 saturated heterocycles. The normalized spacial score (nSPS) is 23.4. The fourth-order valence-corrected chi connectivity index (χ4v) is 3.89. The van der Waals surface area contributed by atoms with Gasteiger partial charge in [-0.25, -0.2) is 0 Å². The van der Waals surface area contributed by atoms with Crippen LogP contribution in [0.25, 0.3) is 0 Å². The first-order valence-corrected chi connectivity index (χ1v) is 9.51. The van der Waals surface area contributed by atoms with Gasteiger partial charge in [-0.2, -0.15) is 5.10 Å². The molecule has 1 aliphatic carbocycles. The van der Waals surface area contributed by atoms with Gasteiger partial charge in [0.05, 0.1) is 11.8 Å². The minimum absolute atomic E-state index is 0.157. The lowest BCUT2D eigenvalue weighted by Crippen LogP contribution is -2.43. The molecule has 2 aliphatic rings. The van der Waals surface area contributed by atoms with Crippen molar-refractivity contribution in [3.05, 3.63) is 17.5 Å². The van der Waals surface area contributed by atoms with E-state index in [2.05, 4.69) is 30.8 Å². The standard InChI is InChI=1S/C19H32N4O/c1-14(2)11-23-16(4)18(10-20-23)19(24)22-9-8-21(12-15(3)13-22)17-6-5-7-17/h10,14-15,17H,5-9,11-13H2,1-4H3. The van der Waals surface area contributed by atoms with Crippen molar-refractivity contribution in [2.45, 2.75) is 59.5 Å². The van der Waals surface area contributed by atoms with E-state index in [4.69, 9.17) is 0 Å². The van der Waals surface area contributed by atoms with E-state index in [1.54, 1.807) is 6.20 Å². The smallest absolute Gasteiger partial charge is 0.257 e. The SMILES string of the molecule is Cc1c(C(=O)N2CCN(C3CCC3)CC(C)C2)cnn1CC(C)C. The highest BCUT2D eigenvalue weighted by Crippen LogP contribution is 2.27. The Hall–Kier alpha value is -1.36. The zero-order chi connectivity index (χ0) is 17.3. The van der Waals surface area contributed by atoms with Gasteiger partial charge in [0.15, 0.2) is 0 Å². The van der Waals surface area contributed by atoms with Crippen LogP contribution in [0.1, 0.15) is 56.1 Å². The number of carbonyl (C=O) groups is 1. The number of nitrogens with zero attached hydrogens (tertiary/aromatic N) is 4. The van der Waals surface area contributed by atoms with Crippen LogP contribution in [-0.4, -0.2) is 57.7 Å². The summed E-state index contributed by atoms with van der Waals surface area (Å²) in [6.07, 6.45) is 5.80. The van der Waals surface area contributed by atoms with E-state index in [0.29, 0.717) is 11.8 Å². The van der Waals surface area contributed by atoms with Crippen LogP contribution >= 0.6 is 0 Å². The van der Waals surface area contributed by atoms with Crippen LogP contribution < -0.4 is 0 Å². The number of hydrogen-bond donors (Lipinski definition) is 0. The Morgan fingerprint density at radius 1 is 1.29 bits per heavy atom. The molecule has 1 aromatic heterocycles. The Morgan fingerprint density at radius 3 is 2.67 bits per heavy atom. The minimum atomic E-state index is 0.157. The van der Waals surface area contributed by atoms with Crippen LogP contribution in [0.4, 0.5) is 0 Å². The van der Waals surface area contributed by atoms with E-state index in [0.717, 1.165) is 50.0 Å². The summed E-state index contributed by atoms with van der Waals surface area (Å²) in [4.78, 5) is 17.7. The molecule has 1 unspecified atom stereocenters. The summed E-state index contributed by atoms with van der Waals surface area (Å²) in [5, 5.41) is 4.44. The molecule has 5 heteroatoms. The fraction of sp³-hybridized carbons (Fsp3) is 0.789. The largest absolute Gasteiger partial charge is 0.337 e. The Balaban J connectivity index is 1.69. The lowest BCUT2D eigenvalue weighted by atomic mass is 9.91. The maximum Gasteiger partial charge on any atom is 0.257 e. The summed E-state index contributed by atoms with van der Waals surface area (Å²) in [6.45, 7) is 13.3. The van der Waals surface area contributed by atoms with Crippen LogP contribution in [-0.2, 0) is 6.54 Å². The summed E-state index contributed by atoms with van der Waals surface area (Å²) < 4.78 is 1.97. The number of aromatic nitrogens is 2. The lowest BCUT2D eigenvalue weighted by Gasteiger charge is -2.37. The Morgan fingerprint density at radius 2 is 2.04 bits per heavy atom. The summed E-state index contributed by atoms with van der Waals surface area (Å²) in [5.41, 5.74) is 1.78. The van der Waals surface area contributed by atoms with Crippen molar-refractivity contribution < 1.29 is 4.79 Å². The average Bonchev–Trinajstić information content (AvgIpc) is 2.69. The van der Waals surface area contributed by atoms with Gasteiger partial charge in [-0.3, -0.25) is 14.4 Å². The highest BCUT2D eigenvalue weighted by molar-refractivity contribution is 5.95. The molecule has 1 amide bonds. The van der Waals surface area contributed by atoms with Crippen LogP contribution in [0.15, 0.2) is 6.20 Å². The van der Waals surface area contributed by atoms with Gasteiger partial charge in [0, 0.05) is 44.5 Å². The molecule has 1 saturated carbocycles. The van der Waals surface area contributed by atoms with Gasteiger partial charge in [-0.15, -0.1) is 0 Å². The third-order valence-electron chi connectivity index (χ3n) is 5.49. The molecule has 0 radical (unpaired) electrons. The van der Waals surface area contributed by atoms with Crippen LogP contribution in [0.5, 0.6) is 0 Å². The predicted octanol–water partition coefficient (Wildman–Crippen LogP) is 2.79. The number of amides is 1. The number of rotatable bonds is 4. The van der Waals surface area contributed by atoms with E-state index in [1.807, 2.05) is 16.5 Å². The van der Waals surface area contributed by atoms with E-state index in [9.17, 15) is 4.79 Å². The average molecular weight is 332 g/mol. The van der Waals surface area contributed by atoms with Gasteiger partial charge in [-0.1, -0.05) is 27.2 Å². The second kappa shape index (κ2) is 7.26. The van der Waals surface area contributed by atoms with Crippen molar-refractivity contribution >= 4 is 5.91 Å². The van der Waals surface area contributed by atoms with Crippen molar-refractivity contribution in [3.63, 3.8) is 0 Å². The first kappa shape index (κ1) is 17.5. The third-order valence-corrected chi connectivity index (χ3v) is 5.49. The molecular weight excluding hydrogens is 300 g/mol. The van der Waals surface area contributed by atoms with Crippen LogP contribution in [0, 0.1) is 18.8 Å². The molecule has 5 nitrogen and oxygen atoms in total. The zero-order valence-electron chi connectivity index (χ0n) is 15.7. The molecule has 1 atom stereocenters. The monoisotopic (exact) mass is 332 g/mol. The maximum absolute atomic E-state index is 13.0. The number of hydrogen-bond acceptors (Lipinski definition) is 3. The second-order valence-electron chi connectivity index (χ2n) is 8.16. The van der Waals surface area contributed by atoms with E-state index >= 15 is 0 Å². The first-order chi connectivity index (χ1) is 11.5. The van der Waals surface area contributed by atoms with Crippen molar-refractivity contribution in [1.82, 2.24) is 19.6 Å². The van der Waals surface area contributed by atoms with Gasteiger partial charge >= 0.3 is 0 Å². The molecule has 1 aromatic rings. The van der Waals surface area contributed by atoms with Crippen molar-refractivity contribution in [2.75, 3.05) is 26.2 Å². The van der Waals surface area contributed by atoms with Crippen molar-refractivity contribution in [2.24, 2.45) is 11.8 Å². The van der Waals surface area contributed by atoms with Crippen LogP contribution in [0.2, 0.25) is 0 Å². The highest BCUT2D eigenvalue weighted by Gasteiger charge is 2.31. The molecule has 134 valence electrons. The van der Waals surface area contributed by atoms with E-state index < -0.39 is 0 Å². The summed E-state index contributed by atoms with van der Waals surface area (Å²) >= 11 is 0. The fourth-order valence-electron chi connectivity index (χ4n) is 3.89. The maximum atomic E-state index is 13.0. The van der Waals surface area contributed by atoms with Crippen molar-refractivity contribution in [1.29, 1.82) is 0 Å². The zero-order valence-corrected chi connectivity index (χ0v) is 15.7. The molecule has 2 fully saturated rings. The summed E-state index contributed by atoms with van der Waals surface area (Å²) in [7, 11) is 0. The molecule has 1 aliphatic heterocycles. The topological polar surface area (TPSA) is 41.4 Å². The van der Waals surface area contributed by atoms with Crippen molar-refractivity contribution in [3.8, 4) is 0 Å². The second-order valence-corrected chi connectivity index (χ2v) is 8.16. The van der Waals surface area contributed by atoms with Gasteiger partial charge < -0.3 is 4.90 Å². The number of carbonyl (C=O) groups excluding carboxylic acids is 1.